The molecule has 5 aromatic rings. The molecule has 11 heteroatoms. The lowest BCUT2D eigenvalue weighted by atomic mass is 10.0. The van der Waals surface area contributed by atoms with Crippen molar-refractivity contribution < 1.29 is 14.3 Å². The largest absolute Gasteiger partial charge is 0.494 e. The number of hydrogen-bond donors (Lipinski definition) is 2. The third kappa shape index (κ3) is 4.24. The average Bonchev–Trinajstić information content (AvgIpc) is 3.47. The zero-order valence-electron chi connectivity index (χ0n) is 26.0. The van der Waals surface area contributed by atoms with Crippen LogP contribution in [0.1, 0.15) is 48.0 Å². The summed E-state index contributed by atoms with van der Waals surface area (Å²) in [6, 6.07) is 12.3. The van der Waals surface area contributed by atoms with Crippen molar-refractivity contribution in [2.45, 2.75) is 57.2 Å². The second kappa shape index (κ2) is 10.1. The van der Waals surface area contributed by atoms with Gasteiger partial charge >= 0.3 is 0 Å². The number of ether oxygens (including phenoxy) is 1. The van der Waals surface area contributed by atoms with Gasteiger partial charge < -0.3 is 29.8 Å². The van der Waals surface area contributed by atoms with E-state index in [9.17, 15) is 9.59 Å². The summed E-state index contributed by atoms with van der Waals surface area (Å²) in [7, 11) is 3.64. The van der Waals surface area contributed by atoms with Crippen LogP contribution in [0.3, 0.4) is 0 Å². The van der Waals surface area contributed by atoms with Crippen molar-refractivity contribution in [1.29, 1.82) is 0 Å². The van der Waals surface area contributed by atoms with Gasteiger partial charge in [-0.1, -0.05) is 0 Å². The minimum Gasteiger partial charge on any atom is -0.494 e. The molecule has 4 aliphatic rings. The van der Waals surface area contributed by atoms with Crippen LogP contribution in [0.15, 0.2) is 42.6 Å². The van der Waals surface area contributed by atoms with E-state index in [-0.39, 0.29) is 23.9 Å². The van der Waals surface area contributed by atoms with Gasteiger partial charge in [0.1, 0.15) is 22.7 Å². The lowest BCUT2D eigenvalue weighted by Gasteiger charge is -2.27. The maximum absolute atomic E-state index is 13.7. The van der Waals surface area contributed by atoms with Crippen LogP contribution in [-0.4, -0.2) is 66.5 Å². The molecule has 2 aliphatic carbocycles. The van der Waals surface area contributed by atoms with E-state index < -0.39 is 0 Å². The first kappa shape index (κ1) is 27.5. The normalized spacial score (nSPS) is 22.1. The number of nitrogens with two attached hydrogens (primary N) is 1. The van der Waals surface area contributed by atoms with Gasteiger partial charge in [0.25, 0.3) is 5.91 Å². The van der Waals surface area contributed by atoms with E-state index in [2.05, 4.69) is 37.6 Å². The number of carbonyl (C=O) groups excluding carboxylic acids is 2. The Morgan fingerprint density at radius 2 is 1.96 bits per heavy atom. The third-order valence-electron chi connectivity index (χ3n) is 10.6. The molecule has 2 unspecified atom stereocenters. The number of amides is 2. The molecule has 4 aromatic heterocycles. The van der Waals surface area contributed by atoms with Crippen LogP contribution in [0.2, 0.25) is 0 Å². The summed E-state index contributed by atoms with van der Waals surface area (Å²) in [5.74, 6) is 3.04. The van der Waals surface area contributed by atoms with Gasteiger partial charge in [-0.3, -0.25) is 9.59 Å². The van der Waals surface area contributed by atoms with E-state index in [1.54, 1.807) is 13.3 Å². The summed E-state index contributed by atoms with van der Waals surface area (Å²) < 4.78 is 10.2. The Hall–Kier alpha value is -4.77. The molecule has 3 fully saturated rings. The summed E-state index contributed by atoms with van der Waals surface area (Å²) in [5, 5.41) is 3.90. The Kier molecular flexibility index (Phi) is 6.06. The first-order chi connectivity index (χ1) is 22.4. The van der Waals surface area contributed by atoms with Crippen molar-refractivity contribution in [3.05, 3.63) is 53.7 Å². The number of aryl methyl sites for hydroxylation is 2. The van der Waals surface area contributed by atoms with Crippen LogP contribution in [-0.2, 0) is 24.8 Å². The minimum absolute atomic E-state index is 0.00301. The molecule has 1 aromatic carbocycles. The summed E-state index contributed by atoms with van der Waals surface area (Å²) in [6.07, 6.45) is 7.37. The number of carbonyl (C=O) groups is 2. The maximum atomic E-state index is 13.7. The number of nitrogens with one attached hydrogen (secondary N) is 1. The third-order valence-corrected chi connectivity index (χ3v) is 10.6. The minimum atomic E-state index is -0.00585. The second-order valence-corrected chi connectivity index (χ2v) is 13.5. The smallest absolute Gasteiger partial charge is 0.254 e. The molecule has 1 saturated heterocycles. The molecular weight excluding hydrogens is 580 g/mol. The molecule has 2 saturated carbocycles. The number of benzene rings is 1. The highest BCUT2D eigenvalue weighted by molar-refractivity contribution is 6.00. The van der Waals surface area contributed by atoms with Crippen LogP contribution >= 0.6 is 0 Å². The van der Waals surface area contributed by atoms with E-state index >= 15 is 0 Å². The summed E-state index contributed by atoms with van der Waals surface area (Å²) in [5.41, 5.74) is 13.2. The summed E-state index contributed by atoms with van der Waals surface area (Å²) >= 11 is 0. The fraction of sp³-hybridized carbons (Fsp3) is 0.400. The van der Waals surface area contributed by atoms with Gasteiger partial charge in [0.05, 0.1) is 24.0 Å². The number of aromatic nitrogens is 5. The molecule has 2 aliphatic heterocycles. The lowest BCUT2D eigenvalue weighted by molar-refractivity contribution is -0.116. The Balaban J connectivity index is 1.13. The standard InChI is InChI=1S/C35H36N8O3/c1-41-31-25(12-22(14-28(31)46-2)35(45)43-17-21-6-9-26(43)30(21)36)39-34(41)27-13-20-5-8-24(38-33(20)42(27)16-18-3-4-18)23-11-19-7-10-29(44)40-32(19)37-15-23/h5,8,11-15,18,21,26,30H,3-4,6-7,9-10,16-17,36H2,1-2H3,(H,37,40,44)/t21?,26?,30-/m1/s1. The fourth-order valence-corrected chi connectivity index (χ4v) is 7.88. The predicted molar refractivity (Wildman–Crippen MR) is 174 cm³/mol. The molecule has 9 rings (SSSR count). The van der Waals surface area contributed by atoms with Gasteiger partial charge in [-0.05, 0) is 85.9 Å². The van der Waals surface area contributed by atoms with Crippen molar-refractivity contribution in [2.24, 2.45) is 24.6 Å². The monoisotopic (exact) mass is 616 g/mol. The Labute approximate surface area is 265 Å². The highest BCUT2D eigenvalue weighted by Crippen LogP contribution is 2.40. The zero-order valence-corrected chi connectivity index (χ0v) is 26.0. The van der Waals surface area contributed by atoms with Gasteiger partial charge in [-0.15, -0.1) is 0 Å². The average molecular weight is 617 g/mol. The first-order valence-corrected chi connectivity index (χ1v) is 16.3. The summed E-state index contributed by atoms with van der Waals surface area (Å²) in [6.45, 7) is 1.57. The molecule has 3 atom stereocenters. The van der Waals surface area contributed by atoms with E-state index in [1.807, 2.05) is 30.1 Å². The van der Waals surface area contributed by atoms with E-state index in [4.69, 9.17) is 20.4 Å². The number of rotatable bonds is 6. The lowest BCUT2D eigenvalue weighted by Crippen LogP contribution is -2.41. The Morgan fingerprint density at radius 3 is 2.72 bits per heavy atom. The maximum Gasteiger partial charge on any atom is 0.254 e. The second-order valence-electron chi connectivity index (χ2n) is 13.5. The molecule has 2 bridgehead atoms. The number of piperidine rings is 1. The van der Waals surface area contributed by atoms with Crippen molar-refractivity contribution >= 4 is 39.7 Å². The van der Waals surface area contributed by atoms with E-state index in [1.165, 1.54) is 12.8 Å². The zero-order chi connectivity index (χ0) is 31.3. The Morgan fingerprint density at radius 1 is 1.09 bits per heavy atom. The highest BCUT2D eigenvalue weighted by atomic mass is 16.5. The van der Waals surface area contributed by atoms with Crippen LogP contribution < -0.4 is 15.8 Å². The molecule has 46 heavy (non-hydrogen) atoms. The number of nitrogens with zero attached hydrogens (tertiary/aromatic N) is 6. The van der Waals surface area contributed by atoms with Crippen molar-refractivity contribution in [3.63, 3.8) is 0 Å². The summed E-state index contributed by atoms with van der Waals surface area (Å²) in [4.78, 5) is 42.4. The van der Waals surface area contributed by atoms with Gasteiger partial charge in [-0.2, -0.15) is 0 Å². The van der Waals surface area contributed by atoms with Gasteiger partial charge in [0.15, 0.2) is 5.82 Å². The molecule has 234 valence electrons. The van der Waals surface area contributed by atoms with Crippen molar-refractivity contribution in [1.82, 2.24) is 29.0 Å². The van der Waals surface area contributed by atoms with Gasteiger partial charge in [0.2, 0.25) is 5.91 Å². The van der Waals surface area contributed by atoms with Crippen LogP contribution in [0, 0.1) is 11.8 Å². The highest BCUT2D eigenvalue weighted by Gasteiger charge is 2.47. The first-order valence-electron chi connectivity index (χ1n) is 16.3. The van der Waals surface area contributed by atoms with Crippen LogP contribution in [0.5, 0.6) is 5.75 Å². The number of anilines is 1. The van der Waals surface area contributed by atoms with Gasteiger partial charge in [-0.25, -0.2) is 15.0 Å². The van der Waals surface area contributed by atoms with E-state index in [0.717, 1.165) is 69.8 Å². The van der Waals surface area contributed by atoms with Crippen LogP contribution in [0.25, 0.3) is 44.8 Å². The predicted octanol–water partition coefficient (Wildman–Crippen LogP) is 4.52. The molecule has 6 heterocycles. The number of methoxy groups -OCH3 is 1. The van der Waals surface area contributed by atoms with E-state index in [0.29, 0.717) is 48.4 Å². The number of imidazole rings is 1. The SMILES string of the molecule is COc1cc(C(=O)N2CC3CCC2[C@@H]3N)cc2nc(-c3cc4ccc(-c5cnc6c(c5)CCC(=O)N6)nc4n3CC3CC3)n(C)c12. The fourth-order valence-electron chi connectivity index (χ4n) is 7.88. The van der Waals surface area contributed by atoms with Crippen molar-refractivity contribution in [3.8, 4) is 28.5 Å². The van der Waals surface area contributed by atoms with Crippen molar-refractivity contribution in [2.75, 3.05) is 19.0 Å². The number of likely N-dealkylation sites (tertiary alicyclic amines) is 1. The molecular formula is C35H36N8O3. The van der Waals surface area contributed by atoms with Gasteiger partial charge in [0, 0.05) is 61.4 Å². The van der Waals surface area contributed by atoms with Crippen LogP contribution in [0.4, 0.5) is 5.82 Å². The number of pyridine rings is 2. The topological polar surface area (TPSA) is 133 Å². The number of fused-ring (bicyclic) bond motifs is 5. The molecule has 0 radical (unpaired) electrons. The molecule has 3 N–H and O–H groups in total. The molecule has 11 nitrogen and oxygen atoms in total. The quantitative estimate of drug-likeness (QED) is 0.287. The molecule has 0 spiro atoms. The number of hydrogen-bond acceptors (Lipinski definition) is 7. The Bertz CT molecular complexity index is 2090. The molecule has 2 amide bonds.